The van der Waals surface area contributed by atoms with E-state index in [1.54, 1.807) is 6.20 Å². The number of anilines is 1. The standard InChI is InChI=1S/C8H14N4/c9-4-3-7(10)6-2-1-5-12-8(6)11/h1-2,5,7H,3-4,9-10H2,(H2,11,12)/t7-/m0/s1. The lowest BCUT2D eigenvalue weighted by Crippen LogP contribution is -2.17. The average molecular weight is 166 g/mol. The fourth-order valence-electron chi connectivity index (χ4n) is 1.08. The fourth-order valence-corrected chi connectivity index (χ4v) is 1.08. The molecule has 0 fully saturated rings. The van der Waals surface area contributed by atoms with E-state index in [4.69, 9.17) is 17.2 Å². The van der Waals surface area contributed by atoms with Crippen LogP contribution in [0.4, 0.5) is 5.82 Å². The number of rotatable bonds is 3. The first-order chi connectivity index (χ1) is 5.75. The van der Waals surface area contributed by atoms with Crippen molar-refractivity contribution >= 4 is 5.82 Å². The predicted molar refractivity (Wildman–Crippen MR) is 49.2 cm³/mol. The van der Waals surface area contributed by atoms with Crippen LogP contribution < -0.4 is 17.2 Å². The molecule has 66 valence electrons. The molecule has 0 aliphatic carbocycles. The van der Waals surface area contributed by atoms with E-state index in [1.807, 2.05) is 12.1 Å². The van der Waals surface area contributed by atoms with Crippen LogP contribution in [0, 0.1) is 0 Å². The second-order valence-electron chi connectivity index (χ2n) is 2.66. The van der Waals surface area contributed by atoms with E-state index in [2.05, 4.69) is 4.98 Å². The predicted octanol–water partition coefficient (Wildman–Crippen LogP) is 0.0124. The number of nitrogens with two attached hydrogens (primary N) is 3. The van der Waals surface area contributed by atoms with Gasteiger partial charge >= 0.3 is 0 Å². The van der Waals surface area contributed by atoms with Crippen LogP contribution in [0.2, 0.25) is 0 Å². The van der Waals surface area contributed by atoms with Gasteiger partial charge in [-0.1, -0.05) is 6.07 Å². The van der Waals surface area contributed by atoms with Crippen LogP contribution in [0.1, 0.15) is 18.0 Å². The fraction of sp³-hybridized carbons (Fsp3) is 0.375. The molecule has 1 aromatic heterocycles. The van der Waals surface area contributed by atoms with Gasteiger partial charge in [-0.15, -0.1) is 0 Å². The number of aromatic nitrogens is 1. The molecule has 0 aliphatic rings. The summed E-state index contributed by atoms with van der Waals surface area (Å²) in [6, 6.07) is 3.61. The van der Waals surface area contributed by atoms with Crippen molar-refractivity contribution < 1.29 is 0 Å². The summed E-state index contributed by atoms with van der Waals surface area (Å²) in [5.74, 6) is 0.499. The maximum absolute atomic E-state index is 5.81. The van der Waals surface area contributed by atoms with Crippen LogP contribution in [-0.4, -0.2) is 11.5 Å². The molecular formula is C8H14N4. The van der Waals surface area contributed by atoms with E-state index < -0.39 is 0 Å². The second-order valence-corrected chi connectivity index (χ2v) is 2.66. The van der Waals surface area contributed by atoms with Crippen LogP contribution in [0.3, 0.4) is 0 Å². The normalized spacial score (nSPS) is 12.8. The van der Waals surface area contributed by atoms with Crippen LogP contribution in [0.15, 0.2) is 18.3 Å². The van der Waals surface area contributed by atoms with Gasteiger partial charge in [0.05, 0.1) is 0 Å². The molecule has 6 N–H and O–H groups in total. The summed E-state index contributed by atoms with van der Waals surface area (Å²) in [5, 5.41) is 0. The Labute approximate surface area is 71.8 Å². The molecule has 0 spiro atoms. The van der Waals surface area contributed by atoms with Crippen molar-refractivity contribution in [1.82, 2.24) is 4.98 Å². The summed E-state index contributed by atoms with van der Waals surface area (Å²) < 4.78 is 0. The Balaban J connectivity index is 2.79. The third-order valence-electron chi connectivity index (χ3n) is 1.75. The molecule has 1 aromatic rings. The highest BCUT2D eigenvalue weighted by molar-refractivity contribution is 5.40. The molecule has 0 amide bonds. The van der Waals surface area contributed by atoms with Gasteiger partial charge in [-0.25, -0.2) is 4.98 Å². The Bertz CT molecular complexity index is 249. The Morgan fingerprint density at radius 1 is 1.50 bits per heavy atom. The van der Waals surface area contributed by atoms with E-state index in [1.165, 1.54) is 0 Å². The highest BCUT2D eigenvalue weighted by Gasteiger charge is 2.07. The number of hydrogen-bond donors (Lipinski definition) is 3. The lowest BCUT2D eigenvalue weighted by atomic mass is 10.1. The molecule has 0 saturated carbocycles. The third kappa shape index (κ3) is 1.93. The lowest BCUT2D eigenvalue weighted by molar-refractivity contribution is 0.661. The molecule has 1 heterocycles. The Morgan fingerprint density at radius 2 is 2.25 bits per heavy atom. The van der Waals surface area contributed by atoms with Gasteiger partial charge in [-0.3, -0.25) is 0 Å². The van der Waals surface area contributed by atoms with Gasteiger partial charge in [0.1, 0.15) is 5.82 Å². The Kier molecular flexibility index (Phi) is 3.01. The largest absolute Gasteiger partial charge is 0.383 e. The maximum atomic E-state index is 5.81. The first kappa shape index (κ1) is 8.96. The lowest BCUT2D eigenvalue weighted by Gasteiger charge is -2.11. The van der Waals surface area contributed by atoms with Crippen molar-refractivity contribution in [3.8, 4) is 0 Å². The number of hydrogen-bond acceptors (Lipinski definition) is 4. The maximum Gasteiger partial charge on any atom is 0.128 e. The van der Waals surface area contributed by atoms with Crippen LogP contribution in [0.5, 0.6) is 0 Å². The van der Waals surface area contributed by atoms with Crippen molar-refractivity contribution in [3.63, 3.8) is 0 Å². The molecule has 4 nitrogen and oxygen atoms in total. The summed E-state index contributed by atoms with van der Waals surface area (Å²) in [6.07, 6.45) is 2.38. The molecule has 4 heteroatoms. The van der Waals surface area contributed by atoms with Gasteiger partial charge in [-0.05, 0) is 19.0 Å². The zero-order chi connectivity index (χ0) is 8.97. The first-order valence-corrected chi connectivity index (χ1v) is 3.91. The van der Waals surface area contributed by atoms with Crippen LogP contribution in [-0.2, 0) is 0 Å². The third-order valence-corrected chi connectivity index (χ3v) is 1.75. The highest BCUT2D eigenvalue weighted by Crippen LogP contribution is 2.17. The van der Waals surface area contributed by atoms with E-state index in [9.17, 15) is 0 Å². The summed E-state index contributed by atoms with van der Waals surface area (Å²) >= 11 is 0. The molecule has 0 radical (unpaired) electrons. The molecule has 0 unspecified atom stereocenters. The van der Waals surface area contributed by atoms with Crippen LogP contribution >= 0.6 is 0 Å². The second kappa shape index (κ2) is 4.04. The molecule has 1 rings (SSSR count). The van der Waals surface area contributed by atoms with Gasteiger partial charge < -0.3 is 17.2 Å². The number of nitrogens with zero attached hydrogens (tertiary/aromatic N) is 1. The van der Waals surface area contributed by atoms with Crippen molar-refractivity contribution in [2.24, 2.45) is 11.5 Å². The minimum Gasteiger partial charge on any atom is -0.383 e. The van der Waals surface area contributed by atoms with Crippen molar-refractivity contribution in [2.75, 3.05) is 12.3 Å². The summed E-state index contributed by atoms with van der Waals surface area (Å²) in [6.45, 7) is 0.565. The summed E-state index contributed by atoms with van der Waals surface area (Å²) in [7, 11) is 0. The molecule has 0 saturated heterocycles. The van der Waals surface area contributed by atoms with Gasteiger partial charge in [0.15, 0.2) is 0 Å². The smallest absolute Gasteiger partial charge is 0.128 e. The topological polar surface area (TPSA) is 91.0 Å². The Hall–Kier alpha value is -1.13. The molecule has 0 aliphatic heterocycles. The minimum atomic E-state index is -0.0938. The van der Waals surface area contributed by atoms with Gasteiger partial charge in [0, 0.05) is 17.8 Å². The monoisotopic (exact) mass is 166 g/mol. The SMILES string of the molecule is NCC[C@H](N)c1cccnc1N. The molecular weight excluding hydrogens is 152 g/mol. The molecule has 1 atom stereocenters. The van der Waals surface area contributed by atoms with E-state index in [0.717, 1.165) is 12.0 Å². The zero-order valence-corrected chi connectivity index (χ0v) is 6.90. The zero-order valence-electron chi connectivity index (χ0n) is 6.90. The molecule has 0 aromatic carbocycles. The van der Waals surface area contributed by atoms with Gasteiger partial charge in [0.2, 0.25) is 0 Å². The van der Waals surface area contributed by atoms with E-state index in [-0.39, 0.29) is 6.04 Å². The van der Waals surface area contributed by atoms with Gasteiger partial charge in [0.25, 0.3) is 0 Å². The van der Waals surface area contributed by atoms with Gasteiger partial charge in [-0.2, -0.15) is 0 Å². The first-order valence-electron chi connectivity index (χ1n) is 3.91. The van der Waals surface area contributed by atoms with Crippen molar-refractivity contribution in [1.29, 1.82) is 0 Å². The number of pyridine rings is 1. The summed E-state index contributed by atoms with van der Waals surface area (Å²) in [5.41, 5.74) is 17.7. The van der Waals surface area contributed by atoms with Crippen LogP contribution in [0.25, 0.3) is 0 Å². The highest BCUT2D eigenvalue weighted by atomic mass is 14.8. The molecule has 0 bridgehead atoms. The summed E-state index contributed by atoms with van der Waals surface area (Å²) in [4.78, 5) is 3.94. The van der Waals surface area contributed by atoms with Crippen molar-refractivity contribution in [2.45, 2.75) is 12.5 Å². The Morgan fingerprint density at radius 3 is 2.83 bits per heavy atom. The van der Waals surface area contributed by atoms with E-state index in [0.29, 0.717) is 12.4 Å². The van der Waals surface area contributed by atoms with E-state index >= 15 is 0 Å². The quantitative estimate of drug-likeness (QED) is 0.590. The van der Waals surface area contributed by atoms with Crippen molar-refractivity contribution in [3.05, 3.63) is 23.9 Å². The molecule has 12 heavy (non-hydrogen) atoms. The average Bonchev–Trinajstić information content (AvgIpc) is 2.05. The number of nitrogen functional groups attached to an aromatic ring is 1. The minimum absolute atomic E-state index is 0.0938.